The van der Waals surface area contributed by atoms with Gasteiger partial charge in [0.2, 0.25) is 0 Å². The summed E-state index contributed by atoms with van der Waals surface area (Å²) in [5.74, 6) is 0. The number of ether oxygens (including phenoxy) is 2. The molecule has 0 fully saturated rings. The lowest BCUT2D eigenvalue weighted by Gasteiger charge is -2.24. The predicted octanol–water partition coefficient (Wildman–Crippen LogP) is 2.23. The molecule has 15 heavy (non-hydrogen) atoms. The lowest BCUT2D eigenvalue weighted by Crippen LogP contribution is -2.36. The van der Waals surface area contributed by atoms with Crippen molar-refractivity contribution in [3.63, 3.8) is 0 Å². The molecule has 0 unspecified atom stereocenters. The molecular formula is C9H16ClNO4. The van der Waals surface area contributed by atoms with Gasteiger partial charge in [-0.25, -0.2) is 9.59 Å². The largest absolute Gasteiger partial charge is 0.452 e. The topological polar surface area (TPSA) is 55.8 Å². The number of hydrogen-bond donors (Lipinski definition) is 0. The summed E-state index contributed by atoms with van der Waals surface area (Å²) in [5, 5.41) is 0. The van der Waals surface area contributed by atoms with Crippen LogP contribution in [0.15, 0.2) is 0 Å². The van der Waals surface area contributed by atoms with E-state index in [1.54, 1.807) is 27.8 Å². The molecule has 0 heterocycles. The Balaban J connectivity index is 3.85. The lowest BCUT2D eigenvalue weighted by molar-refractivity contribution is 0.0267. The van der Waals surface area contributed by atoms with Gasteiger partial charge in [0.1, 0.15) is 12.2 Å². The van der Waals surface area contributed by atoms with Crippen molar-refractivity contribution in [1.29, 1.82) is 0 Å². The molecule has 88 valence electrons. The zero-order valence-corrected chi connectivity index (χ0v) is 10.1. The Kier molecular flexibility index (Phi) is 5.43. The van der Waals surface area contributed by atoms with Gasteiger partial charge in [-0.15, -0.1) is 0 Å². The quantitative estimate of drug-likeness (QED) is 0.707. The molecule has 0 aromatic heterocycles. The molecule has 5 nitrogen and oxygen atoms in total. The van der Waals surface area contributed by atoms with Crippen molar-refractivity contribution in [2.45, 2.75) is 26.4 Å². The van der Waals surface area contributed by atoms with Gasteiger partial charge < -0.3 is 14.4 Å². The Morgan fingerprint density at radius 1 is 1.33 bits per heavy atom. The number of carbonyl (C=O) groups is 2. The predicted molar refractivity (Wildman–Crippen MR) is 56.1 cm³/mol. The van der Waals surface area contributed by atoms with Crippen LogP contribution in [0, 0.1) is 0 Å². The van der Waals surface area contributed by atoms with Gasteiger partial charge in [-0.3, -0.25) is 0 Å². The van der Waals surface area contributed by atoms with E-state index in [-0.39, 0.29) is 13.2 Å². The van der Waals surface area contributed by atoms with Crippen molar-refractivity contribution >= 4 is 23.1 Å². The van der Waals surface area contributed by atoms with Crippen LogP contribution in [0.4, 0.5) is 9.59 Å². The van der Waals surface area contributed by atoms with E-state index < -0.39 is 17.1 Å². The maximum Gasteiger partial charge on any atom is 0.410 e. The molecule has 0 spiro atoms. The van der Waals surface area contributed by atoms with E-state index in [1.807, 2.05) is 0 Å². The monoisotopic (exact) mass is 237 g/mol. The van der Waals surface area contributed by atoms with Gasteiger partial charge >= 0.3 is 11.5 Å². The highest BCUT2D eigenvalue weighted by Gasteiger charge is 2.19. The normalized spacial score (nSPS) is 10.7. The highest BCUT2D eigenvalue weighted by atomic mass is 35.5. The van der Waals surface area contributed by atoms with E-state index in [0.29, 0.717) is 0 Å². The van der Waals surface area contributed by atoms with Crippen LogP contribution in [-0.4, -0.2) is 42.2 Å². The maximum atomic E-state index is 11.4. The fourth-order valence-electron chi connectivity index (χ4n) is 0.694. The molecular weight excluding hydrogens is 222 g/mol. The molecule has 0 bridgehead atoms. The van der Waals surface area contributed by atoms with Crippen LogP contribution >= 0.6 is 11.6 Å². The molecule has 0 aliphatic rings. The highest BCUT2D eigenvalue weighted by Crippen LogP contribution is 2.08. The van der Waals surface area contributed by atoms with Crippen molar-refractivity contribution in [2.24, 2.45) is 0 Å². The minimum atomic E-state index is -0.882. The number of halogens is 1. The molecule has 0 aliphatic carbocycles. The lowest BCUT2D eigenvalue weighted by atomic mass is 10.2. The smallest absolute Gasteiger partial charge is 0.410 e. The number of amides is 1. The summed E-state index contributed by atoms with van der Waals surface area (Å²) < 4.78 is 9.54. The average molecular weight is 238 g/mol. The Morgan fingerprint density at radius 2 is 1.87 bits per heavy atom. The van der Waals surface area contributed by atoms with Crippen LogP contribution in [0.5, 0.6) is 0 Å². The van der Waals surface area contributed by atoms with Crippen LogP contribution in [0.2, 0.25) is 0 Å². The molecule has 0 saturated carbocycles. The van der Waals surface area contributed by atoms with Crippen molar-refractivity contribution in [1.82, 2.24) is 4.90 Å². The zero-order valence-electron chi connectivity index (χ0n) is 9.37. The second kappa shape index (κ2) is 5.80. The van der Waals surface area contributed by atoms with Gasteiger partial charge in [0.25, 0.3) is 0 Å². The Morgan fingerprint density at radius 3 is 2.27 bits per heavy atom. The molecule has 0 aliphatic heterocycles. The van der Waals surface area contributed by atoms with Gasteiger partial charge in [0.15, 0.2) is 0 Å². The van der Waals surface area contributed by atoms with E-state index in [1.165, 1.54) is 4.90 Å². The first kappa shape index (κ1) is 14.0. The highest BCUT2D eigenvalue weighted by molar-refractivity contribution is 6.61. The van der Waals surface area contributed by atoms with Crippen LogP contribution in [0.1, 0.15) is 20.8 Å². The average Bonchev–Trinajstić information content (AvgIpc) is 1.99. The maximum absolute atomic E-state index is 11.4. The first-order valence-corrected chi connectivity index (χ1v) is 4.86. The first-order valence-electron chi connectivity index (χ1n) is 4.49. The summed E-state index contributed by atoms with van der Waals surface area (Å²) in [6, 6.07) is 0. The van der Waals surface area contributed by atoms with Gasteiger partial charge in [-0.2, -0.15) is 0 Å². The molecule has 0 saturated heterocycles. The van der Waals surface area contributed by atoms with E-state index in [2.05, 4.69) is 4.74 Å². The van der Waals surface area contributed by atoms with Gasteiger partial charge in [0, 0.05) is 18.6 Å². The number of hydrogen-bond acceptors (Lipinski definition) is 4. The van der Waals surface area contributed by atoms with Crippen molar-refractivity contribution < 1.29 is 19.1 Å². The summed E-state index contributed by atoms with van der Waals surface area (Å²) in [6.45, 7) is 5.62. The third-order valence-electron chi connectivity index (χ3n) is 1.35. The molecule has 6 heteroatoms. The van der Waals surface area contributed by atoms with Crippen LogP contribution in [0.3, 0.4) is 0 Å². The summed E-state index contributed by atoms with van der Waals surface area (Å²) in [4.78, 5) is 22.9. The molecule has 0 radical (unpaired) electrons. The minimum Gasteiger partial charge on any atom is -0.452 e. The third-order valence-corrected chi connectivity index (χ3v) is 1.46. The second-order valence-electron chi connectivity index (χ2n) is 3.99. The standard InChI is InChI=1S/C9H16ClNO4/c1-9(2,3)15-8(13)11(4)5-6-14-7(10)12/h5-6H2,1-4H3. The summed E-state index contributed by atoms with van der Waals surface area (Å²) in [5.41, 5.74) is -1.42. The Labute approximate surface area is 94.3 Å². The van der Waals surface area contributed by atoms with Gasteiger partial charge in [-0.05, 0) is 20.8 Å². The molecule has 0 atom stereocenters. The van der Waals surface area contributed by atoms with Gasteiger partial charge in [-0.1, -0.05) is 0 Å². The van der Waals surface area contributed by atoms with Crippen molar-refractivity contribution in [3.05, 3.63) is 0 Å². The van der Waals surface area contributed by atoms with Crippen LogP contribution < -0.4 is 0 Å². The Hall–Kier alpha value is -0.970. The number of likely N-dealkylation sites (N-methyl/N-ethyl adjacent to an activating group) is 1. The summed E-state index contributed by atoms with van der Waals surface area (Å²) >= 11 is 4.95. The molecule has 0 aromatic rings. The summed E-state index contributed by atoms with van der Waals surface area (Å²) in [6.07, 6.45) is -0.465. The van der Waals surface area contributed by atoms with E-state index in [9.17, 15) is 9.59 Å². The third kappa shape index (κ3) is 8.05. The van der Waals surface area contributed by atoms with Crippen molar-refractivity contribution in [2.75, 3.05) is 20.2 Å². The molecule has 0 N–H and O–H groups in total. The number of carbonyl (C=O) groups excluding carboxylic acids is 2. The van der Waals surface area contributed by atoms with Crippen molar-refractivity contribution in [3.8, 4) is 0 Å². The molecule has 0 aromatic carbocycles. The molecule has 0 rings (SSSR count). The summed E-state index contributed by atoms with van der Waals surface area (Å²) in [7, 11) is 1.55. The van der Waals surface area contributed by atoms with E-state index in [4.69, 9.17) is 16.3 Å². The SMILES string of the molecule is CN(CCOC(=O)Cl)C(=O)OC(C)(C)C. The molecule has 1 amide bonds. The fraction of sp³-hybridized carbons (Fsp3) is 0.778. The Bertz CT molecular complexity index is 237. The minimum absolute atomic E-state index is 0.0536. The fourth-order valence-corrected chi connectivity index (χ4v) is 0.771. The number of rotatable bonds is 3. The number of nitrogens with zero attached hydrogens (tertiary/aromatic N) is 1. The zero-order chi connectivity index (χ0) is 12.1. The van der Waals surface area contributed by atoms with Crippen LogP contribution in [0.25, 0.3) is 0 Å². The van der Waals surface area contributed by atoms with Gasteiger partial charge in [0.05, 0.1) is 6.54 Å². The van der Waals surface area contributed by atoms with E-state index >= 15 is 0 Å². The van der Waals surface area contributed by atoms with Crippen LogP contribution in [-0.2, 0) is 9.47 Å². The first-order chi connectivity index (χ1) is 6.72. The second-order valence-corrected chi connectivity index (χ2v) is 4.30. The van der Waals surface area contributed by atoms with E-state index in [0.717, 1.165) is 0 Å².